The van der Waals surface area contributed by atoms with Gasteiger partial charge in [-0.1, -0.05) is 13.8 Å². The van der Waals surface area contributed by atoms with E-state index in [1.807, 2.05) is 18.7 Å². The second-order valence-electron chi connectivity index (χ2n) is 6.49. The lowest BCUT2D eigenvalue weighted by atomic mass is 10.2. The van der Waals surface area contributed by atoms with Gasteiger partial charge >= 0.3 is 0 Å². The van der Waals surface area contributed by atoms with Crippen molar-refractivity contribution in [1.29, 1.82) is 0 Å². The van der Waals surface area contributed by atoms with Crippen LogP contribution in [-0.2, 0) is 4.79 Å². The zero-order valence-corrected chi connectivity index (χ0v) is 18.1. The number of nitrogens with zero attached hydrogens (tertiary/aromatic N) is 2. The van der Waals surface area contributed by atoms with Crippen LogP contribution in [0.15, 0.2) is 23.2 Å². The van der Waals surface area contributed by atoms with E-state index in [9.17, 15) is 13.6 Å². The van der Waals surface area contributed by atoms with Crippen LogP contribution in [0.4, 0.5) is 8.78 Å². The average Bonchev–Trinajstić information content (AvgIpc) is 3.08. The molecule has 9 heteroatoms. The van der Waals surface area contributed by atoms with Crippen molar-refractivity contribution in [2.45, 2.75) is 26.3 Å². The Bertz CT molecular complexity index is 658. The maximum Gasteiger partial charge on any atom is 0.225 e. The molecular formula is C18H27F2IN4O2. The fourth-order valence-electron chi connectivity index (χ4n) is 2.74. The number of likely N-dealkylation sites (tertiary alicyclic amines) is 1. The van der Waals surface area contributed by atoms with Crippen molar-refractivity contribution < 1.29 is 18.3 Å². The minimum absolute atomic E-state index is 0. The molecule has 1 unspecified atom stereocenters. The van der Waals surface area contributed by atoms with Crippen molar-refractivity contribution in [2.24, 2.45) is 10.9 Å². The molecule has 1 aliphatic rings. The molecule has 1 aromatic rings. The first kappa shape index (κ1) is 23.4. The number of hydrogen-bond donors (Lipinski definition) is 2. The summed E-state index contributed by atoms with van der Waals surface area (Å²) in [5.41, 5.74) is 0. The highest BCUT2D eigenvalue weighted by molar-refractivity contribution is 14.0. The van der Waals surface area contributed by atoms with Crippen molar-refractivity contribution in [2.75, 3.05) is 33.3 Å². The van der Waals surface area contributed by atoms with Gasteiger partial charge in [0, 0.05) is 38.2 Å². The second kappa shape index (κ2) is 11.3. The van der Waals surface area contributed by atoms with E-state index >= 15 is 0 Å². The van der Waals surface area contributed by atoms with Gasteiger partial charge in [0.2, 0.25) is 5.91 Å². The molecule has 0 spiro atoms. The van der Waals surface area contributed by atoms with Gasteiger partial charge in [-0.15, -0.1) is 24.0 Å². The largest absolute Gasteiger partial charge is 0.492 e. The van der Waals surface area contributed by atoms with E-state index in [2.05, 4.69) is 15.6 Å². The van der Waals surface area contributed by atoms with Crippen LogP contribution in [0.5, 0.6) is 5.75 Å². The van der Waals surface area contributed by atoms with Gasteiger partial charge < -0.3 is 20.3 Å². The normalized spacial score (nSPS) is 16.9. The number of carbonyl (C=O) groups excluding carboxylic acids is 1. The molecule has 1 amide bonds. The van der Waals surface area contributed by atoms with E-state index in [1.165, 1.54) is 6.07 Å². The lowest BCUT2D eigenvalue weighted by Gasteiger charge is -2.20. The van der Waals surface area contributed by atoms with Gasteiger partial charge in [-0.3, -0.25) is 9.79 Å². The van der Waals surface area contributed by atoms with Crippen LogP contribution in [0.25, 0.3) is 0 Å². The van der Waals surface area contributed by atoms with E-state index in [0.717, 1.165) is 25.1 Å². The fourth-order valence-corrected chi connectivity index (χ4v) is 2.74. The average molecular weight is 496 g/mol. The van der Waals surface area contributed by atoms with Crippen molar-refractivity contribution in [3.8, 4) is 5.75 Å². The third kappa shape index (κ3) is 7.11. The zero-order valence-electron chi connectivity index (χ0n) is 15.8. The predicted molar refractivity (Wildman–Crippen MR) is 112 cm³/mol. The van der Waals surface area contributed by atoms with E-state index in [1.54, 1.807) is 7.05 Å². The molecular weight excluding hydrogens is 469 g/mol. The van der Waals surface area contributed by atoms with Crippen LogP contribution >= 0.6 is 24.0 Å². The lowest BCUT2D eigenvalue weighted by Crippen LogP contribution is -2.46. The topological polar surface area (TPSA) is 66.0 Å². The van der Waals surface area contributed by atoms with Crippen molar-refractivity contribution >= 4 is 35.8 Å². The summed E-state index contributed by atoms with van der Waals surface area (Å²) in [6.07, 6.45) is 0.866. The number of benzene rings is 1. The van der Waals surface area contributed by atoms with E-state index in [4.69, 9.17) is 4.74 Å². The van der Waals surface area contributed by atoms with Crippen LogP contribution in [0, 0.1) is 17.6 Å². The van der Waals surface area contributed by atoms with Gasteiger partial charge in [-0.25, -0.2) is 8.78 Å². The number of halogens is 3. The van der Waals surface area contributed by atoms with Gasteiger partial charge in [0.25, 0.3) is 0 Å². The van der Waals surface area contributed by atoms with Crippen molar-refractivity contribution in [1.82, 2.24) is 15.5 Å². The number of guanidine groups is 1. The smallest absolute Gasteiger partial charge is 0.225 e. The highest BCUT2D eigenvalue weighted by Crippen LogP contribution is 2.15. The molecule has 27 heavy (non-hydrogen) atoms. The summed E-state index contributed by atoms with van der Waals surface area (Å²) in [5.74, 6) is -0.789. The standard InChI is InChI=1S/C18H26F2N4O2.HI/c1-12(2)17(25)24-8-6-13(11-24)23-18(21-3)22-7-9-26-14-4-5-15(19)16(20)10-14;/h4-5,10,12-13H,6-9,11H2,1-3H3,(H2,21,22,23);1H. The highest BCUT2D eigenvalue weighted by atomic mass is 127. The molecule has 1 saturated heterocycles. The summed E-state index contributed by atoms with van der Waals surface area (Å²) in [6, 6.07) is 3.57. The Hall–Kier alpha value is -1.65. The molecule has 1 heterocycles. The van der Waals surface area contributed by atoms with Crippen LogP contribution in [-0.4, -0.2) is 56.1 Å². The molecule has 1 aromatic carbocycles. The molecule has 1 aliphatic heterocycles. The Morgan fingerprint density at radius 2 is 2.11 bits per heavy atom. The number of nitrogens with one attached hydrogen (secondary N) is 2. The number of rotatable bonds is 6. The first-order chi connectivity index (χ1) is 12.4. The molecule has 1 fully saturated rings. The number of aliphatic imine (C=N–C) groups is 1. The second-order valence-corrected chi connectivity index (χ2v) is 6.49. The van der Waals surface area contributed by atoms with E-state index in [0.29, 0.717) is 19.0 Å². The zero-order chi connectivity index (χ0) is 19.1. The van der Waals surface area contributed by atoms with Gasteiger partial charge in [0.05, 0.1) is 6.54 Å². The predicted octanol–water partition coefficient (Wildman–Crippen LogP) is 2.38. The molecule has 0 aliphatic carbocycles. The minimum Gasteiger partial charge on any atom is -0.492 e. The van der Waals surface area contributed by atoms with Gasteiger partial charge in [0.1, 0.15) is 12.4 Å². The van der Waals surface area contributed by atoms with Crippen LogP contribution < -0.4 is 15.4 Å². The van der Waals surface area contributed by atoms with Gasteiger partial charge in [0.15, 0.2) is 17.6 Å². The minimum atomic E-state index is -0.935. The lowest BCUT2D eigenvalue weighted by molar-refractivity contribution is -0.133. The molecule has 2 rings (SSSR count). The summed E-state index contributed by atoms with van der Waals surface area (Å²) in [5, 5.41) is 6.39. The summed E-state index contributed by atoms with van der Waals surface area (Å²) < 4.78 is 31.3. The first-order valence-electron chi connectivity index (χ1n) is 8.74. The molecule has 1 atom stereocenters. The third-order valence-corrected chi connectivity index (χ3v) is 4.11. The Kier molecular flexibility index (Phi) is 9.75. The summed E-state index contributed by atoms with van der Waals surface area (Å²) in [4.78, 5) is 18.0. The Morgan fingerprint density at radius 3 is 2.74 bits per heavy atom. The summed E-state index contributed by atoms with van der Waals surface area (Å²) in [7, 11) is 1.66. The Balaban J connectivity index is 0.00000364. The Morgan fingerprint density at radius 1 is 1.37 bits per heavy atom. The number of ether oxygens (including phenoxy) is 1. The molecule has 0 bridgehead atoms. The van der Waals surface area contributed by atoms with Crippen molar-refractivity contribution in [3.63, 3.8) is 0 Å². The highest BCUT2D eigenvalue weighted by Gasteiger charge is 2.27. The molecule has 0 saturated carbocycles. The monoisotopic (exact) mass is 496 g/mol. The molecule has 0 aromatic heterocycles. The molecule has 2 N–H and O–H groups in total. The summed E-state index contributed by atoms with van der Waals surface area (Å²) in [6.45, 7) is 5.91. The quantitative estimate of drug-likeness (QED) is 0.275. The SMILES string of the molecule is CN=C(NCCOc1ccc(F)c(F)c1)NC1CCN(C(=O)C(C)C)C1.I. The summed E-state index contributed by atoms with van der Waals surface area (Å²) >= 11 is 0. The van der Waals surface area contributed by atoms with E-state index < -0.39 is 11.6 Å². The number of hydrogen-bond acceptors (Lipinski definition) is 3. The third-order valence-electron chi connectivity index (χ3n) is 4.11. The van der Waals surface area contributed by atoms with Crippen LogP contribution in [0.1, 0.15) is 20.3 Å². The number of amides is 1. The fraction of sp³-hybridized carbons (Fsp3) is 0.556. The maximum absolute atomic E-state index is 13.1. The van der Waals surface area contributed by atoms with Gasteiger partial charge in [-0.05, 0) is 18.6 Å². The first-order valence-corrected chi connectivity index (χ1v) is 8.74. The number of carbonyl (C=O) groups is 1. The maximum atomic E-state index is 13.1. The Labute approximate surface area is 175 Å². The van der Waals surface area contributed by atoms with Crippen molar-refractivity contribution in [3.05, 3.63) is 29.8 Å². The molecule has 6 nitrogen and oxygen atoms in total. The van der Waals surface area contributed by atoms with Gasteiger partial charge in [-0.2, -0.15) is 0 Å². The van der Waals surface area contributed by atoms with Crippen LogP contribution in [0.2, 0.25) is 0 Å². The molecule has 152 valence electrons. The van der Waals surface area contributed by atoms with E-state index in [-0.39, 0.29) is 54.2 Å². The molecule has 0 radical (unpaired) electrons. The van der Waals surface area contributed by atoms with Crippen LogP contribution in [0.3, 0.4) is 0 Å².